The van der Waals surface area contributed by atoms with Gasteiger partial charge in [0.15, 0.2) is 0 Å². The van der Waals surface area contributed by atoms with Gasteiger partial charge in [0.2, 0.25) is 0 Å². The molecule has 8 nitrogen and oxygen atoms in total. The summed E-state index contributed by atoms with van der Waals surface area (Å²) in [7, 11) is 1.87. The van der Waals surface area contributed by atoms with E-state index in [-0.39, 0.29) is 29.3 Å². The van der Waals surface area contributed by atoms with Gasteiger partial charge in [0.1, 0.15) is 23.5 Å². The van der Waals surface area contributed by atoms with Crippen LogP contribution in [-0.4, -0.2) is 55.1 Å². The summed E-state index contributed by atoms with van der Waals surface area (Å²) < 4.78 is 75.8. The summed E-state index contributed by atoms with van der Waals surface area (Å²) in [5.41, 5.74) is 0.922. The van der Waals surface area contributed by atoms with Crippen molar-refractivity contribution in [3.05, 3.63) is 59.4 Å². The van der Waals surface area contributed by atoms with Gasteiger partial charge >= 0.3 is 6.18 Å². The maximum Gasteiger partial charge on any atom is 0.433 e. The van der Waals surface area contributed by atoms with Crippen molar-refractivity contribution in [3.63, 3.8) is 0 Å². The second-order valence-corrected chi connectivity index (χ2v) is 10.6. The lowest BCUT2D eigenvalue weighted by molar-refractivity contribution is -0.141. The lowest BCUT2D eigenvalue weighted by Crippen LogP contribution is -2.49. The molecule has 2 fully saturated rings. The molecule has 0 spiro atoms. The van der Waals surface area contributed by atoms with Gasteiger partial charge in [0, 0.05) is 54.8 Å². The van der Waals surface area contributed by atoms with Gasteiger partial charge in [-0.1, -0.05) is 18.2 Å². The quantitative estimate of drug-likeness (QED) is 0.325. The Balaban J connectivity index is 1.39. The number of aryl methyl sites for hydroxylation is 1. The summed E-state index contributed by atoms with van der Waals surface area (Å²) >= 11 is 0. The summed E-state index contributed by atoms with van der Waals surface area (Å²) in [5.74, 6) is -1.96. The minimum atomic E-state index is -4.70. The van der Waals surface area contributed by atoms with Crippen molar-refractivity contribution in [3.8, 4) is 11.3 Å². The molecule has 0 unspecified atom stereocenters. The molecule has 0 radical (unpaired) electrons. The molecule has 1 aromatic carbocycles. The first-order valence-electron chi connectivity index (χ1n) is 12.6. The number of rotatable bonds is 7. The fourth-order valence-electron chi connectivity index (χ4n) is 5.42. The molecule has 1 saturated carbocycles. The molecule has 4 aromatic rings. The Kier molecular flexibility index (Phi) is 5.99. The van der Waals surface area contributed by atoms with Gasteiger partial charge in [-0.15, -0.1) is 10.2 Å². The minimum absolute atomic E-state index is 0.0797. The number of nitrogens with one attached hydrogen (secondary N) is 2. The Morgan fingerprint density at radius 1 is 1.21 bits per heavy atom. The van der Waals surface area contributed by atoms with E-state index in [9.17, 15) is 22.0 Å². The standard InChI is InChI=1S/C26H26F5N7O/c1-14(33-17-8-25(27,28)9-17)21-23-18(7-19(34-21)26(29,30)31)22(36-37-23)15-4-3-5-16(6-15)24(11-39-12-24)10-20-35-32-13-38(20)2/h3-7,13-14,17,33H,8-12H2,1-2H3,(H,36,37)/t14-/m1/s1. The van der Waals surface area contributed by atoms with E-state index >= 15 is 0 Å². The Bertz CT molecular complexity index is 1520. The molecule has 2 aliphatic rings. The zero-order valence-electron chi connectivity index (χ0n) is 21.2. The molecule has 4 heterocycles. The Morgan fingerprint density at radius 3 is 2.59 bits per heavy atom. The third-order valence-corrected chi connectivity index (χ3v) is 7.67. The smallest absolute Gasteiger partial charge is 0.379 e. The minimum Gasteiger partial charge on any atom is -0.379 e. The van der Waals surface area contributed by atoms with Crippen LogP contribution in [0.25, 0.3) is 22.2 Å². The lowest BCUT2D eigenvalue weighted by atomic mass is 9.75. The zero-order chi connectivity index (χ0) is 27.6. The summed E-state index contributed by atoms with van der Waals surface area (Å²) in [5, 5.41) is 18.6. The summed E-state index contributed by atoms with van der Waals surface area (Å²) in [6, 6.07) is 7.28. The van der Waals surface area contributed by atoms with Crippen molar-refractivity contribution < 1.29 is 26.7 Å². The van der Waals surface area contributed by atoms with Gasteiger partial charge in [0.05, 0.1) is 24.4 Å². The summed E-state index contributed by atoms with van der Waals surface area (Å²) in [4.78, 5) is 3.88. The number of nitrogens with zero attached hydrogens (tertiary/aromatic N) is 5. The van der Waals surface area contributed by atoms with E-state index in [4.69, 9.17) is 4.74 Å². The fraction of sp³-hybridized carbons (Fsp3) is 0.462. The third-order valence-electron chi connectivity index (χ3n) is 7.67. The number of halogens is 5. The fourth-order valence-corrected chi connectivity index (χ4v) is 5.42. The van der Waals surface area contributed by atoms with Crippen molar-refractivity contribution in [2.45, 2.75) is 55.8 Å². The van der Waals surface area contributed by atoms with Crippen LogP contribution in [0.2, 0.25) is 0 Å². The average molecular weight is 548 g/mol. The van der Waals surface area contributed by atoms with E-state index < -0.39 is 29.9 Å². The van der Waals surface area contributed by atoms with Crippen molar-refractivity contribution in [2.24, 2.45) is 7.05 Å². The van der Waals surface area contributed by atoms with Crippen LogP contribution in [0.3, 0.4) is 0 Å². The Hall–Kier alpha value is -3.45. The monoisotopic (exact) mass is 547 g/mol. The maximum atomic E-state index is 13.9. The van der Waals surface area contributed by atoms with Crippen LogP contribution in [0.1, 0.15) is 48.6 Å². The van der Waals surface area contributed by atoms with Crippen molar-refractivity contribution >= 4 is 10.9 Å². The van der Waals surface area contributed by atoms with Crippen molar-refractivity contribution in [1.29, 1.82) is 0 Å². The first-order chi connectivity index (χ1) is 18.4. The number of ether oxygens (including phenoxy) is 1. The number of hydrogen-bond donors (Lipinski definition) is 2. The van der Waals surface area contributed by atoms with Crippen LogP contribution in [-0.2, 0) is 29.8 Å². The van der Waals surface area contributed by atoms with Crippen molar-refractivity contribution in [1.82, 2.24) is 35.3 Å². The first kappa shape index (κ1) is 25.8. The number of pyridine rings is 1. The van der Waals surface area contributed by atoms with Gasteiger partial charge in [-0.2, -0.15) is 18.3 Å². The van der Waals surface area contributed by atoms with Crippen LogP contribution in [0.4, 0.5) is 22.0 Å². The molecular weight excluding hydrogens is 521 g/mol. The molecule has 1 aliphatic heterocycles. The highest BCUT2D eigenvalue weighted by atomic mass is 19.4. The highest BCUT2D eigenvalue weighted by Crippen LogP contribution is 2.41. The number of H-pyrrole nitrogens is 1. The van der Waals surface area contributed by atoms with Crippen LogP contribution >= 0.6 is 0 Å². The van der Waals surface area contributed by atoms with Gasteiger partial charge < -0.3 is 14.6 Å². The lowest BCUT2D eigenvalue weighted by Gasteiger charge is -2.41. The van der Waals surface area contributed by atoms with E-state index in [2.05, 4.69) is 30.7 Å². The van der Waals surface area contributed by atoms with Crippen LogP contribution in [0, 0.1) is 0 Å². The number of aromatic nitrogens is 6. The average Bonchev–Trinajstić information content (AvgIpc) is 3.44. The first-order valence-corrected chi connectivity index (χ1v) is 12.6. The molecule has 39 heavy (non-hydrogen) atoms. The SMILES string of the molecule is C[C@@H](NC1CC(F)(F)C1)c1nc(C(F)(F)F)cc2c(-c3cccc(C4(Cc5nncn5C)COC4)c3)n[nH]c12. The molecular formula is C26H26F5N7O. The molecule has 0 bridgehead atoms. The molecule has 1 atom stereocenters. The number of hydrogen-bond acceptors (Lipinski definition) is 6. The number of alkyl halides is 5. The summed E-state index contributed by atoms with van der Waals surface area (Å²) in [6.45, 7) is 2.56. The predicted octanol–water partition coefficient (Wildman–Crippen LogP) is 4.73. The van der Waals surface area contributed by atoms with E-state index in [0.717, 1.165) is 17.5 Å². The van der Waals surface area contributed by atoms with Gasteiger partial charge in [-0.05, 0) is 24.6 Å². The number of fused-ring (bicyclic) bond motifs is 1. The van der Waals surface area contributed by atoms with Crippen LogP contribution < -0.4 is 5.32 Å². The molecule has 1 aliphatic carbocycles. The van der Waals surface area contributed by atoms with Gasteiger partial charge in [-0.3, -0.25) is 5.10 Å². The van der Waals surface area contributed by atoms with E-state index in [0.29, 0.717) is 36.4 Å². The number of aromatic amines is 1. The van der Waals surface area contributed by atoms with E-state index in [1.807, 2.05) is 29.8 Å². The van der Waals surface area contributed by atoms with Crippen LogP contribution in [0.15, 0.2) is 36.7 Å². The molecule has 0 amide bonds. The molecule has 1 saturated heterocycles. The zero-order valence-corrected chi connectivity index (χ0v) is 21.2. The normalized spacial score (nSPS) is 19.6. The molecule has 3 aromatic heterocycles. The predicted molar refractivity (Wildman–Crippen MR) is 131 cm³/mol. The second kappa shape index (κ2) is 9.05. The molecule has 206 valence electrons. The van der Waals surface area contributed by atoms with Gasteiger partial charge in [0.25, 0.3) is 5.92 Å². The summed E-state index contributed by atoms with van der Waals surface area (Å²) in [6.07, 6.45) is -3.21. The van der Waals surface area contributed by atoms with E-state index in [1.165, 1.54) is 0 Å². The van der Waals surface area contributed by atoms with Crippen molar-refractivity contribution in [2.75, 3.05) is 13.2 Å². The highest BCUT2D eigenvalue weighted by molar-refractivity contribution is 5.94. The largest absolute Gasteiger partial charge is 0.433 e. The second-order valence-electron chi connectivity index (χ2n) is 10.6. The highest BCUT2D eigenvalue weighted by Gasteiger charge is 2.46. The maximum absolute atomic E-state index is 13.9. The number of benzene rings is 1. The van der Waals surface area contributed by atoms with Crippen LogP contribution in [0.5, 0.6) is 0 Å². The molecule has 2 N–H and O–H groups in total. The third kappa shape index (κ3) is 4.67. The molecule has 13 heteroatoms. The Labute approximate surface area is 220 Å². The molecule has 6 rings (SSSR count). The topological polar surface area (TPSA) is 93.5 Å². The Morgan fingerprint density at radius 2 is 1.97 bits per heavy atom. The van der Waals surface area contributed by atoms with E-state index in [1.54, 1.807) is 19.3 Å². The van der Waals surface area contributed by atoms with Gasteiger partial charge in [-0.25, -0.2) is 13.8 Å².